The highest BCUT2D eigenvalue weighted by atomic mass is 35.5. The van der Waals surface area contributed by atoms with E-state index >= 15 is 0 Å². The van der Waals surface area contributed by atoms with Gasteiger partial charge in [0, 0.05) is 24.4 Å². The molecule has 1 amide bonds. The SMILES string of the molecule is Cl.NC1([C@@H]2CNC(=O)C2)CC1. The third-order valence-electron chi connectivity index (χ3n) is 2.62. The third kappa shape index (κ3) is 1.49. The molecular weight excluding hydrogens is 164 g/mol. The van der Waals surface area contributed by atoms with Crippen LogP contribution in [0.1, 0.15) is 19.3 Å². The minimum Gasteiger partial charge on any atom is -0.356 e. The van der Waals surface area contributed by atoms with Crippen molar-refractivity contribution in [1.82, 2.24) is 5.32 Å². The highest BCUT2D eigenvalue weighted by molar-refractivity contribution is 5.85. The Hall–Kier alpha value is -0.280. The maximum Gasteiger partial charge on any atom is 0.220 e. The lowest BCUT2D eigenvalue weighted by Gasteiger charge is -2.14. The number of carbonyl (C=O) groups is 1. The first-order valence-corrected chi connectivity index (χ1v) is 3.76. The standard InChI is InChI=1S/C7H12N2O.ClH/c8-7(1-2-7)5-3-6(10)9-4-5;/h5H,1-4,8H2,(H,9,10);1H/t5-;/m0./s1. The summed E-state index contributed by atoms with van der Waals surface area (Å²) < 4.78 is 0. The average Bonchev–Trinajstić information content (AvgIpc) is 2.45. The second-order valence-electron chi connectivity index (χ2n) is 3.44. The monoisotopic (exact) mass is 176 g/mol. The van der Waals surface area contributed by atoms with Gasteiger partial charge in [0.25, 0.3) is 0 Å². The highest BCUT2D eigenvalue weighted by Gasteiger charge is 2.48. The molecule has 1 aliphatic heterocycles. The van der Waals surface area contributed by atoms with Crippen LogP contribution >= 0.6 is 12.4 Å². The molecule has 0 aromatic rings. The summed E-state index contributed by atoms with van der Waals surface area (Å²) in [5, 5.41) is 2.80. The van der Waals surface area contributed by atoms with Crippen molar-refractivity contribution >= 4 is 18.3 Å². The van der Waals surface area contributed by atoms with Crippen molar-refractivity contribution in [3.63, 3.8) is 0 Å². The van der Waals surface area contributed by atoms with Gasteiger partial charge in [-0.05, 0) is 12.8 Å². The molecule has 0 spiro atoms. The zero-order valence-electron chi connectivity index (χ0n) is 6.30. The topological polar surface area (TPSA) is 55.1 Å². The Morgan fingerprint density at radius 3 is 2.55 bits per heavy atom. The van der Waals surface area contributed by atoms with Crippen LogP contribution in [0.4, 0.5) is 0 Å². The van der Waals surface area contributed by atoms with Gasteiger partial charge in [-0.3, -0.25) is 4.79 Å². The third-order valence-corrected chi connectivity index (χ3v) is 2.62. The van der Waals surface area contributed by atoms with E-state index in [0.717, 1.165) is 19.4 Å². The Bertz CT molecular complexity index is 179. The molecule has 4 heteroatoms. The van der Waals surface area contributed by atoms with Crippen LogP contribution in [0.2, 0.25) is 0 Å². The van der Waals surface area contributed by atoms with Crippen molar-refractivity contribution in [3.05, 3.63) is 0 Å². The summed E-state index contributed by atoms with van der Waals surface area (Å²) in [4.78, 5) is 10.8. The van der Waals surface area contributed by atoms with E-state index in [1.165, 1.54) is 0 Å². The van der Waals surface area contributed by atoms with Gasteiger partial charge in [0.2, 0.25) is 5.91 Å². The summed E-state index contributed by atoms with van der Waals surface area (Å²) in [6, 6.07) is 0. The molecule has 0 aromatic heterocycles. The van der Waals surface area contributed by atoms with Crippen molar-refractivity contribution in [2.24, 2.45) is 11.7 Å². The van der Waals surface area contributed by atoms with Crippen LogP contribution in [0.25, 0.3) is 0 Å². The zero-order chi connectivity index (χ0) is 7.19. The molecule has 64 valence electrons. The molecule has 1 atom stereocenters. The van der Waals surface area contributed by atoms with Gasteiger partial charge in [-0.25, -0.2) is 0 Å². The van der Waals surface area contributed by atoms with Gasteiger partial charge in [-0.2, -0.15) is 0 Å². The van der Waals surface area contributed by atoms with Crippen LogP contribution in [0.15, 0.2) is 0 Å². The number of nitrogens with one attached hydrogen (secondary N) is 1. The van der Waals surface area contributed by atoms with Crippen molar-refractivity contribution in [3.8, 4) is 0 Å². The molecule has 1 saturated heterocycles. The second kappa shape index (κ2) is 2.64. The van der Waals surface area contributed by atoms with E-state index in [2.05, 4.69) is 5.32 Å². The number of hydrogen-bond donors (Lipinski definition) is 2. The van der Waals surface area contributed by atoms with E-state index in [-0.39, 0.29) is 23.9 Å². The lowest BCUT2D eigenvalue weighted by atomic mass is 9.97. The molecule has 3 nitrogen and oxygen atoms in total. The van der Waals surface area contributed by atoms with Gasteiger partial charge in [-0.1, -0.05) is 0 Å². The number of nitrogens with two attached hydrogens (primary N) is 1. The maximum atomic E-state index is 10.8. The van der Waals surface area contributed by atoms with Crippen molar-refractivity contribution in [2.75, 3.05) is 6.54 Å². The van der Waals surface area contributed by atoms with Crippen LogP contribution in [0.3, 0.4) is 0 Å². The number of carbonyl (C=O) groups excluding carboxylic acids is 1. The fourth-order valence-electron chi connectivity index (χ4n) is 1.56. The zero-order valence-corrected chi connectivity index (χ0v) is 7.12. The van der Waals surface area contributed by atoms with Gasteiger partial charge < -0.3 is 11.1 Å². The molecule has 1 heterocycles. The van der Waals surface area contributed by atoms with Gasteiger partial charge in [-0.15, -0.1) is 12.4 Å². The molecule has 1 aliphatic carbocycles. The lowest BCUT2D eigenvalue weighted by Crippen LogP contribution is -2.33. The summed E-state index contributed by atoms with van der Waals surface area (Å²) in [6.07, 6.45) is 2.86. The van der Waals surface area contributed by atoms with E-state index in [1.54, 1.807) is 0 Å². The number of amides is 1. The van der Waals surface area contributed by atoms with Crippen LogP contribution in [0.5, 0.6) is 0 Å². The normalized spacial score (nSPS) is 32.5. The fourth-order valence-corrected chi connectivity index (χ4v) is 1.56. The molecule has 0 radical (unpaired) electrons. The van der Waals surface area contributed by atoms with Crippen LogP contribution < -0.4 is 11.1 Å². The Morgan fingerprint density at radius 1 is 1.55 bits per heavy atom. The lowest BCUT2D eigenvalue weighted by molar-refractivity contribution is -0.119. The molecule has 0 bridgehead atoms. The van der Waals surface area contributed by atoms with Gasteiger partial charge >= 0.3 is 0 Å². The van der Waals surface area contributed by atoms with E-state index in [0.29, 0.717) is 12.3 Å². The fraction of sp³-hybridized carbons (Fsp3) is 0.857. The van der Waals surface area contributed by atoms with Crippen molar-refractivity contribution in [1.29, 1.82) is 0 Å². The predicted molar refractivity (Wildman–Crippen MR) is 44.5 cm³/mol. The summed E-state index contributed by atoms with van der Waals surface area (Å²) in [6.45, 7) is 0.801. The first kappa shape index (κ1) is 8.81. The Morgan fingerprint density at radius 2 is 2.18 bits per heavy atom. The molecular formula is C7H13ClN2O. The summed E-state index contributed by atoms with van der Waals surface area (Å²) in [5.41, 5.74) is 5.95. The average molecular weight is 177 g/mol. The van der Waals surface area contributed by atoms with Crippen LogP contribution in [-0.2, 0) is 4.79 Å². The van der Waals surface area contributed by atoms with Crippen LogP contribution in [0, 0.1) is 5.92 Å². The number of hydrogen-bond acceptors (Lipinski definition) is 2. The molecule has 0 unspecified atom stereocenters. The molecule has 3 N–H and O–H groups in total. The molecule has 11 heavy (non-hydrogen) atoms. The van der Waals surface area contributed by atoms with Gasteiger partial charge in [0.15, 0.2) is 0 Å². The Labute approximate surface area is 72.1 Å². The molecule has 1 saturated carbocycles. The molecule has 2 aliphatic rings. The first-order chi connectivity index (χ1) is 4.71. The van der Waals surface area contributed by atoms with Crippen molar-refractivity contribution in [2.45, 2.75) is 24.8 Å². The Kier molecular flexibility index (Phi) is 2.12. The summed E-state index contributed by atoms with van der Waals surface area (Å²) in [7, 11) is 0. The number of rotatable bonds is 1. The predicted octanol–water partition coefficient (Wildman–Crippen LogP) is 0.0356. The summed E-state index contributed by atoms with van der Waals surface area (Å²) in [5.74, 6) is 0.585. The van der Waals surface area contributed by atoms with Crippen LogP contribution in [-0.4, -0.2) is 18.0 Å². The minimum absolute atomic E-state index is 0. The smallest absolute Gasteiger partial charge is 0.220 e. The Balaban J connectivity index is 0.000000605. The molecule has 2 fully saturated rings. The second-order valence-corrected chi connectivity index (χ2v) is 3.44. The van der Waals surface area contributed by atoms with Crippen molar-refractivity contribution < 1.29 is 4.79 Å². The van der Waals surface area contributed by atoms with Gasteiger partial charge in [0.05, 0.1) is 0 Å². The van der Waals surface area contributed by atoms with Gasteiger partial charge in [0.1, 0.15) is 0 Å². The summed E-state index contributed by atoms with van der Waals surface area (Å²) >= 11 is 0. The van der Waals surface area contributed by atoms with E-state index in [4.69, 9.17) is 5.73 Å². The molecule has 2 rings (SSSR count). The minimum atomic E-state index is 0. The highest BCUT2D eigenvalue weighted by Crippen LogP contribution is 2.42. The largest absolute Gasteiger partial charge is 0.356 e. The molecule has 0 aromatic carbocycles. The van der Waals surface area contributed by atoms with E-state index in [1.807, 2.05) is 0 Å². The number of halogens is 1. The first-order valence-electron chi connectivity index (χ1n) is 3.76. The maximum absolute atomic E-state index is 10.8. The van der Waals surface area contributed by atoms with E-state index in [9.17, 15) is 4.79 Å². The van der Waals surface area contributed by atoms with E-state index < -0.39 is 0 Å². The quantitative estimate of drug-likeness (QED) is 0.593.